The molecule has 5 heteroatoms. The van der Waals surface area contributed by atoms with E-state index < -0.39 is 5.60 Å². The molecule has 2 aliphatic rings. The van der Waals surface area contributed by atoms with Gasteiger partial charge in [0.25, 0.3) is 0 Å². The predicted octanol–water partition coefficient (Wildman–Crippen LogP) is 2.15. The zero-order chi connectivity index (χ0) is 14.6. The Bertz CT molecular complexity index is 314. The molecule has 2 rings (SSSR count). The molecule has 0 radical (unpaired) electrons. The van der Waals surface area contributed by atoms with Crippen LogP contribution in [0.3, 0.4) is 0 Å². The maximum Gasteiger partial charge on any atom is 0.410 e. The quantitative estimate of drug-likeness (QED) is 0.863. The number of nitrogens with zero attached hydrogens (tertiary/aromatic N) is 1. The largest absolute Gasteiger partial charge is 0.444 e. The van der Waals surface area contributed by atoms with Gasteiger partial charge in [0.1, 0.15) is 5.60 Å². The van der Waals surface area contributed by atoms with E-state index in [1.165, 1.54) is 12.8 Å². The number of nitrogens with one attached hydrogen (secondary N) is 1. The number of amides is 1. The van der Waals surface area contributed by atoms with Crippen LogP contribution in [-0.4, -0.2) is 55.0 Å². The van der Waals surface area contributed by atoms with E-state index in [1.807, 2.05) is 25.7 Å². The van der Waals surface area contributed by atoms with Gasteiger partial charge in [-0.3, -0.25) is 0 Å². The molecule has 2 saturated heterocycles. The molecule has 0 bridgehead atoms. The SMILES string of the molecule is CC(C)(C)OC(=O)N1CCC(NC[C@H]2CCCO2)CC1. The highest BCUT2D eigenvalue weighted by Crippen LogP contribution is 2.16. The van der Waals surface area contributed by atoms with E-state index in [2.05, 4.69) is 5.32 Å². The van der Waals surface area contributed by atoms with Gasteiger partial charge in [0, 0.05) is 32.3 Å². The summed E-state index contributed by atoms with van der Waals surface area (Å²) in [6.45, 7) is 9.11. The van der Waals surface area contributed by atoms with Crippen LogP contribution < -0.4 is 5.32 Å². The van der Waals surface area contributed by atoms with Crippen molar-refractivity contribution in [3.05, 3.63) is 0 Å². The van der Waals surface area contributed by atoms with E-state index in [1.54, 1.807) is 0 Å². The number of likely N-dealkylation sites (tertiary alicyclic amines) is 1. The van der Waals surface area contributed by atoms with E-state index >= 15 is 0 Å². The Balaban J connectivity index is 1.65. The van der Waals surface area contributed by atoms with Gasteiger partial charge in [-0.25, -0.2) is 4.79 Å². The molecule has 116 valence electrons. The van der Waals surface area contributed by atoms with E-state index in [9.17, 15) is 4.79 Å². The molecule has 0 unspecified atom stereocenters. The number of hydrogen-bond acceptors (Lipinski definition) is 4. The Morgan fingerprint density at radius 3 is 2.55 bits per heavy atom. The van der Waals surface area contributed by atoms with E-state index in [-0.39, 0.29) is 6.09 Å². The third-order valence-electron chi connectivity index (χ3n) is 3.80. The molecular formula is C15H28N2O3. The van der Waals surface area contributed by atoms with Crippen molar-refractivity contribution in [2.24, 2.45) is 0 Å². The van der Waals surface area contributed by atoms with Gasteiger partial charge < -0.3 is 19.7 Å². The summed E-state index contributed by atoms with van der Waals surface area (Å²) in [4.78, 5) is 13.8. The summed E-state index contributed by atoms with van der Waals surface area (Å²) in [5.74, 6) is 0. The molecule has 0 aromatic heterocycles. The van der Waals surface area contributed by atoms with E-state index in [4.69, 9.17) is 9.47 Å². The monoisotopic (exact) mass is 284 g/mol. The molecule has 2 fully saturated rings. The second-order valence-corrected chi connectivity index (χ2v) is 6.78. The summed E-state index contributed by atoms with van der Waals surface area (Å²) in [5, 5.41) is 3.57. The van der Waals surface area contributed by atoms with Crippen LogP contribution in [0, 0.1) is 0 Å². The van der Waals surface area contributed by atoms with Crippen molar-refractivity contribution in [1.29, 1.82) is 0 Å². The fraction of sp³-hybridized carbons (Fsp3) is 0.933. The first kappa shape index (κ1) is 15.6. The van der Waals surface area contributed by atoms with Crippen molar-refractivity contribution in [2.75, 3.05) is 26.2 Å². The summed E-state index contributed by atoms with van der Waals surface area (Å²) in [5.41, 5.74) is -0.411. The number of ether oxygens (including phenoxy) is 2. The molecule has 2 aliphatic heterocycles. The fourth-order valence-electron chi connectivity index (χ4n) is 2.70. The zero-order valence-corrected chi connectivity index (χ0v) is 13.0. The molecule has 1 N–H and O–H groups in total. The lowest BCUT2D eigenvalue weighted by Crippen LogP contribution is -2.47. The number of rotatable bonds is 3. The van der Waals surface area contributed by atoms with Crippen LogP contribution in [0.15, 0.2) is 0 Å². The summed E-state index contributed by atoms with van der Waals surface area (Å²) in [7, 11) is 0. The van der Waals surface area contributed by atoms with Gasteiger partial charge in [0.2, 0.25) is 0 Å². The second kappa shape index (κ2) is 6.76. The summed E-state index contributed by atoms with van der Waals surface area (Å²) >= 11 is 0. The lowest BCUT2D eigenvalue weighted by molar-refractivity contribution is 0.0193. The average molecular weight is 284 g/mol. The Labute approximate surface area is 122 Å². The smallest absolute Gasteiger partial charge is 0.410 e. The topological polar surface area (TPSA) is 50.8 Å². The van der Waals surface area contributed by atoms with Crippen LogP contribution in [-0.2, 0) is 9.47 Å². The lowest BCUT2D eigenvalue weighted by Gasteiger charge is -2.34. The third kappa shape index (κ3) is 4.94. The lowest BCUT2D eigenvalue weighted by atomic mass is 10.0. The van der Waals surface area contributed by atoms with Gasteiger partial charge >= 0.3 is 6.09 Å². The maximum absolute atomic E-state index is 12.0. The van der Waals surface area contributed by atoms with Crippen molar-refractivity contribution in [1.82, 2.24) is 10.2 Å². The Hall–Kier alpha value is -0.810. The summed E-state index contributed by atoms with van der Waals surface area (Å²) < 4.78 is 11.0. The molecular weight excluding hydrogens is 256 g/mol. The highest BCUT2D eigenvalue weighted by Gasteiger charge is 2.27. The highest BCUT2D eigenvalue weighted by atomic mass is 16.6. The number of hydrogen-bond donors (Lipinski definition) is 1. The first-order valence-electron chi connectivity index (χ1n) is 7.77. The summed E-state index contributed by atoms with van der Waals surface area (Å²) in [6.07, 6.45) is 4.54. The molecule has 2 heterocycles. The minimum absolute atomic E-state index is 0.185. The molecule has 1 atom stereocenters. The van der Waals surface area contributed by atoms with Crippen molar-refractivity contribution in [3.63, 3.8) is 0 Å². The van der Waals surface area contributed by atoms with Crippen molar-refractivity contribution in [3.8, 4) is 0 Å². The molecule has 5 nitrogen and oxygen atoms in total. The van der Waals surface area contributed by atoms with Crippen molar-refractivity contribution < 1.29 is 14.3 Å². The third-order valence-corrected chi connectivity index (χ3v) is 3.80. The Kier molecular flexibility index (Phi) is 5.27. The number of piperidine rings is 1. The molecule has 0 spiro atoms. The Morgan fingerprint density at radius 2 is 2.00 bits per heavy atom. The van der Waals surface area contributed by atoms with Gasteiger partial charge in [0.05, 0.1) is 6.10 Å². The van der Waals surface area contributed by atoms with Crippen LogP contribution in [0.4, 0.5) is 4.79 Å². The molecule has 0 aromatic rings. The minimum Gasteiger partial charge on any atom is -0.444 e. The molecule has 0 aromatic carbocycles. The van der Waals surface area contributed by atoms with Crippen LogP contribution >= 0.6 is 0 Å². The highest BCUT2D eigenvalue weighted by molar-refractivity contribution is 5.68. The second-order valence-electron chi connectivity index (χ2n) is 6.78. The van der Waals surface area contributed by atoms with Gasteiger partial charge in [0.15, 0.2) is 0 Å². The molecule has 20 heavy (non-hydrogen) atoms. The first-order chi connectivity index (χ1) is 9.44. The first-order valence-corrected chi connectivity index (χ1v) is 7.77. The summed E-state index contributed by atoms with van der Waals surface area (Å²) in [6, 6.07) is 0.498. The zero-order valence-electron chi connectivity index (χ0n) is 13.0. The van der Waals surface area contributed by atoms with Gasteiger partial charge in [-0.2, -0.15) is 0 Å². The number of carbonyl (C=O) groups excluding carboxylic acids is 1. The van der Waals surface area contributed by atoms with Crippen LogP contribution in [0.1, 0.15) is 46.5 Å². The average Bonchev–Trinajstić information content (AvgIpc) is 2.88. The molecule has 0 saturated carbocycles. The Morgan fingerprint density at radius 1 is 1.30 bits per heavy atom. The van der Waals surface area contributed by atoms with Gasteiger partial charge in [-0.15, -0.1) is 0 Å². The van der Waals surface area contributed by atoms with Crippen LogP contribution in [0.2, 0.25) is 0 Å². The normalized spacial score (nSPS) is 24.9. The van der Waals surface area contributed by atoms with Crippen molar-refractivity contribution in [2.45, 2.75) is 64.2 Å². The van der Waals surface area contributed by atoms with Crippen molar-refractivity contribution >= 4 is 6.09 Å². The van der Waals surface area contributed by atoms with Gasteiger partial charge in [-0.05, 0) is 46.5 Å². The maximum atomic E-state index is 12.0. The van der Waals surface area contributed by atoms with E-state index in [0.717, 1.165) is 39.1 Å². The van der Waals surface area contributed by atoms with Crippen LogP contribution in [0.25, 0.3) is 0 Å². The standard InChI is InChI=1S/C15H28N2O3/c1-15(2,3)20-14(18)17-8-6-12(7-9-17)16-11-13-5-4-10-19-13/h12-13,16H,4-11H2,1-3H3/t13-/m1/s1. The van der Waals surface area contributed by atoms with E-state index in [0.29, 0.717) is 12.1 Å². The fourth-order valence-corrected chi connectivity index (χ4v) is 2.70. The predicted molar refractivity (Wildman–Crippen MR) is 77.8 cm³/mol. The van der Waals surface area contributed by atoms with Crippen LogP contribution in [0.5, 0.6) is 0 Å². The number of carbonyl (C=O) groups is 1. The van der Waals surface area contributed by atoms with Gasteiger partial charge in [-0.1, -0.05) is 0 Å². The molecule has 1 amide bonds. The minimum atomic E-state index is -0.411. The molecule has 0 aliphatic carbocycles.